The van der Waals surface area contributed by atoms with Crippen molar-refractivity contribution < 1.29 is 13.5 Å². The molecule has 1 fully saturated rings. The van der Waals surface area contributed by atoms with Gasteiger partial charge >= 0.3 is 0 Å². The number of piperidine rings is 1. The fraction of sp³-hybridized carbons (Fsp3) is 0.571. The molecule has 1 aliphatic heterocycles. The van der Waals surface area contributed by atoms with Gasteiger partial charge in [0.25, 0.3) is 0 Å². The molecular formula is C14H19Cl2NO3S. The Morgan fingerprint density at radius 2 is 2.14 bits per heavy atom. The number of aliphatic hydroxyl groups excluding tert-OH is 1. The van der Waals surface area contributed by atoms with Gasteiger partial charge in [-0.15, -0.1) is 0 Å². The molecule has 0 aromatic heterocycles. The van der Waals surface area contributed by atoms with Gasteiger partial charge in [-0.1, -0.05) is 35.3 Å². The zero-order valence-electron chi connectivity index (χ0n) is 11.8. The summed E-state index contributed by atoms with van der Waals surface area (Å²) >= 11 is 12.1. The van der Waals surface area contributed by atoms with Crippen molar-refractivity contribution in [3.8, 4) is 0 Å². The van der Waals surface area contributed by atoms with E-state index in [1.165, 1.54) is 10.6 Å². The summed E-state index contributed by atoms with van der Waals surface area (Å²) in [5.74, 6) is 0.124. The van der Waals surface area contributed by atoms with E-state index >= 15 is 0 Å². The highest BCUT2D eigenvalue weighted by atomic mass is 35.5. The van der Waals surface area contributed by atoms with E-state index in [1.807, 2.05) is 0 Å². The predicted octanol–water partition coefficient (Wildman–Crippen LogP) is 3.09. The van der Waals surface area contributed by atoms with Crippen molar-refractivity contribution in [3.63, 3.8) is 0 Å². The normalized spacial score (nSPS) is 22.2. The second-order valence-corrected chi connectivity index (χ2v) is 8.29. The molecule has 0 radical (unpaired) electrons. The minimum absolute atomic E-state index is 0.124. The van der Waals surface area contributed by atoms with Crippen molar-refractivity contribution >= 4 is 33.2 Å². The van der Waals surface area contributed by atoms with E-state index in [2.05, 4.69) is 0 Å². The first-order valence-electron chi connectivity index (χ1n) is 6.86. The van der Waals surface area contributed by atoms with E-state index in [-0.39, 0.29) is 5.92 Å². The zero-order valence-corrected chi connectivity index (χ0v) is 14.1. The van der Waals surface area contributed by atoms with E-state index in [1.54, 1.807) is 18.2 Å². The van der Waals surface area contributed by atoms with Crippen LogP contribution in [0.4, 0.5) is 0 Å². The molecule has 2 rings (SSSR count). The highest BCUT2D eigenvalue weighted by Gasteiger charge is 2.28. The molecular weight excluding hydrogens is 333 g/mol. The standard InChI is InChI=1S/C14H19Cl2NO3S/c1-21(19,20)17-7-3-4-10(9-17)8-13(18)11-5-2-6-12(15)14(11)16/h2,5-6,10,13,18H,3-4,7-9H2,1H3. The van der Waals surface area contributed by atoms with Gasteiger partial charge in [0, 0.05) is 18.7 Å². The summed E-state index contributed by atoms with van der Waals surface area (Å²) in [5, 5.41) is 11.1. The molecule has 118 valence electrons. The molecule has 1 heterocycles. The van der Waals surface area contributed by atoms with Gasteiger partial charge < -0.3 is 5.11 Å². The Hall–Kier alpha value is -0.330. The Kier molecular flexibility index (Phi) is 5.54. The summed E-state index contributed by atoms with van der Waals surface area (Å²) in [4.78, 5) is 0. The van der Waals surface area contributed by atoms with Crippen LogP contribution in [-0.2, 0) is 10.0 Å². The van der Waals surface area contributed by atoms with Crippen LogP contribution in [0.3, 0.4) is 0 Å². The van der Waals surface area contributed by atoms with Crippen LogP contribution in [0, 0.1) is 5.92 Å². The minimum Gasteiger partial charge on any atom is -0.388 e. The molecule has 0 saturated carbocycles. The largest absolute Gasteiger partial charge is 0.388 e. The van der Waals surface area contributed by atoms with Crippen LogP contribution in [0.25, 0.3) is 0 Å². The van der Waals surface area contributed by atoms with Crippen molar-refractivity contribution in [3.05, 3.63) is 33.8 Å². The summed E-state index contributed by atoms with van der Waals surface area (Å²) in [6.07, 6.45) is 2.68. The van der Waals surface area contributed by atoms with Crippen LogP contribution < -0.4 is 0 Å². The Morgan fingerprint density at radius 1 is 1.43 bits per heavy atom. The number of hydrogen-bond acceptors (Lipinski definition) is 3. The Balaban J connectivity index is 2.06. The Morgan fingerprint density at radius 3 is 2.81 bits per heavy atom. The third-order valence-electron chi connectivity index (χ3n) is 3.85. The highest BCUT2D eigenvalue weighted by molar-refractivity contribution is 7.88. The average Bonchev–Trinajstić information content (AvgIpc) is 2.41. The molecule has 1 N–H and O–H groups in total. The molecule has 0 aliphatic carbocycles. The van der Waals surface area contributed by atoms with E-state index in [9.17, 15) is 13.5 Å². The van der Waals surface area contributed by atoms with Crippen LogP contribution in [0.5, 0.6) is 0 Å². The summed E-state index contributed by atoms with van der Waals surface area (Å²) < 4.78 is 24.7. The minimum atomic E-state index is -3.17. The molecule has 4 nitrogen and oxygen atoms in total. The molecule has 2 unspecified atom stereocenters. The third-order valence-corrected chi connectivity index (χ3v) is 5.95. The smallest absolute Gasteiger partial charge is 0.211 e. The molecule has 0 amide bonds. The van der Waals surface area contributed by atoms with Crippen molar-refractivity contribution in [2.24, 2.45) is 5.92 Å². The third kappa shape index (κ3) is 4.33. The van der Waals surface area contributed by atoms with Crippen molar-refractivity contribution in [1.29, 1.82) is 0 Å². The molecule has 1 aromatic rings. The monoisotopic (exact) mass is 351 g/mol. The molecule has 21 heavy (non-hydrogen) atoms. The summed E-state index contributed by atoms with van der Waals surface area (Å²) in [5.41, 5.74) is 0.598. The number of halogens is 2. The van der Waals surface area contributed by atoms with E-state index in [0.29, 0.717) is 35.1 Å². The zero-order chi connectivity index (χ0) is 15.6. The number of benzene rings is 1. The summed E-state index contributed by atoms with van der Waals surface area (Å²) in [6.45, 7) is 1.01. The van der Waals surface area contributed by atoms with Crippen LogP contribution in [0.15, 0.2) is 18.2 Å². The Bertz CT molecular complexity index is 606. The lowest BCUT2D eigenvalue weighted by Gasteiger charge is -2.32. The van der Waals surface area contributed by atoms with Gasteiger partial charge in [0.15, 0.2) is 0 Å². The van der Waals surface area contributed by atoms with Gasteiger partial charge in [0.1, 0.15) is 0 Å². The lowest BCUT2D eigenvalue weighted by atomic mass is 9.91. The highest BCUT2D eigenvalue weighted by Crippen LogP contribution is 2.34. The first-order chi connectivity index (χ1) is 9.79. The number of rotatable bonds is 4. The van der Waals surface area contributed by atoms with Crippen molar-refractivity contribution in [1.82, 2.24) is 4.31 Å². The quantitative estimate of drug-likeness (QED) is 0.906. The first kappa shape index (κ1) is 17.0. The van der Waals surface area contributed by atoms with Crippen LogP contribution in [-0.4, -0.2) is 37.2 Å². The molecule has 1 aliphatic rings. The summed E-state index contributed by atoms with van der Waals surface area (Å²) in [7, 11) is -3.17. The molecule has 7 heteroatoms. The van der Waals surface area contributed by atoms with Gasteiger partial charge in [-0.25, -0.2) is 12.7 Å². The number of nitrogens with zero attached hydrogens (tertiary/aromatic N) is 1. The lowest BCUT2D eigenvalue weighted by Crippen LogP contribution is -2.39. The number of aliphatic hydroxyl groups is 1. The van der Waals surface area contributed by atoms with Crippen molar-refractivity contribution in [2.45, 2.75) is 25.4 Å². The van der Waals surface area contributed by atoms with E-state index in [4.69, 9.17) is 23.2 Å². The second-order valence-electron chi connectivity index (χ2n) is 5.52. The number of hydrogen-bond donors (Lipinski definition) is 1. The predicted molar refractivity (Wildman–Crippen MR) is 85.2 cm³/mol. The van der Waals surface area contributed by atoms with Gasteiger partial charge in [0.2, 0.25) is 10.0 Å². The maximum Gasteiger partial charge on any atom is 0.211 e. The average molecular weight is 352 g/mol. The molecule has 0 bridgehead atoms. The topological polar surface area (TPSA) is 57.6 Å². The van der Waals surface area contributed by atoms with Gasteiger partial charge in [-0.2, -0.15) is 0 Å². The van der Waals surface area contributed by atoms with Crippen LogP contribution in [0.2, 0.25) is 10.0 Å². The lowest BCUT2D eigenvalue weighted by molar-refractivity contribution is 0.123. The maximum atomic E-state index is 11.6. The fourth-order valence-electron chi connectivity index (χ4n) is 2.74. The van der Waals surface area contributed by atoms with Gasteiger partial charge in [-0.3, -0.25) is 0 Å². The van der Waals surface area contributed by atoms with Crippen LogP contribution >= 0.6 is 23.2 Å². The molecule has 1 saturated heterocycles. The fourth-order valence-corrected chi connectivity index (χ4v) is 4.12. The van der Waals surface area contributed by atoms with Crippen LogP contribution in [0.1, 0.15) is 30.9 Å². The second kappa shape index (κ2) is 6.84. The van der Waals surface area contributed by atoms with Gasteiger partial charge in [0.05, 0.1) is 22.4 Å². The van der Waals surface area contributed by atoms with E-state index < -0.39 is 16.1 Å². The number of sulfonamides is 1. The Labute approximate surface area is 135 Å². The molecule has 1 aromatic carbocycles. The summed E-state index contributed by atoms with van der Waals surface area (Å²) in [6, 6.07) is 5.17. The molecule has 2 atom stereocenters. The van der Waals surface area contributed by atoms with Gasteiger partial charge in [-0.05, 0) is 31.2 Å². The maximum absolute atomic E-state index is 11.6. The SMILES string of the molecule is CS(=O)(=O)N1CCCC(CC(O)c2cccc(Cl)c2Cl)C1. The molecule has 0 spiro atoms. The first-order valence-corrected chi connectivity index (χ1v) is 9.46. The van der Waals surface area contributed by atoms with E-state index in [0.717, 1.165) is 12.8 Å². The van der Waals surface area contributed by atoms with Crippen molar-refractivity contribution in [2.75, 3.05) is 19.3 Å².